The molecule has 6 rings (SSSR count). The molecule has 4 aromatic rings. The fourth-order valence-electron chi connectivity index (χ4n) is 5.84. The first-order chi connectivity index (χ1) is 17.1. The maximum absolute atomic E-state index is 5.01. The number of fused-ring (bicyclic) bond motifs is 2. The summed E-state index contributed by atoms with van der Waals surface area (Å²) in [6, 6.07) is 26.0. The van der Waals surface area contributed by atoms with Crippen LogP contribution in [-0.4, -0.2) is 34.0 Å². The molecular weight excluding hydrogens is 446 g/mol. The van der Waals surface area contributed by atoms with Gasteiger partial charge in [0.1, 0.15) is 10.9 Å². The topological polar surface area (TPSA) is 29.0 Å². The third-order valence-electron chi connectivity index (χ3n) is 7.86. The van der Waals surface area contributed by atoms with Crippen LogP contribution in [-0.2, 0) is 10.9 Å². The average molecular weight is 479 g/mol. The average Bonchev–Trinajstić information content (AvgIpc) is 3.41. The van der Waals surface area contributed by atoms with Crippen LogP contribution in [0.5, 0.6) is 0 Å². The Balaban J connectivity index is 1.32. The molecule has 0 spiro atoms. The van der Waals surface area contributed by atoms with E-state index in [1.807, 2.05) is 12.4 Å². The minimum absolute atomic E-state index is 0.240. The van der Waals surface area contributed by atoms with Crippen molar-refractivity contribution in [2.45, 2.75) is 65.9 Å². The number of aromatic nitrogens is 2. The van der Waals surface area contributed by atoms with E-state index in [1.165, 1.54) is 45.7 Å². The normalized spacial score (nSPS) is 21.7. The molecule has 176 valence electrons. The van der Waals surface area contributed by atoms with Gasteiger partial charge < -0.3 is 0 Å². The van der Waals surface area contributed by atoms with Gasteiger partial charge in [-0.3, -0.25) is 9.88 Å². The van der Waals surface area contributed by atoms with E-state index >= 15 is 0 Å². The lowest BCUT2D eigenvalue weighted by molar-refractivity contribution is 0.307. The van der Waals surface area contributed by atoms with E-state index in [9.17, 15) is 0 Å². The summed E-state index contributed by atoms with van der Waals surface area (Å²) in [5.74, 6) is 0.604. The number of nitrogens with zero attached hydrogens (tertiary/aromatic N) is 3. The Morgan fingerprint density at radius 1 is 0.771 bits per heavy atom. The SMILES string of the molecule is Cc1ccc([S+](c2ccc(C)cc2)c2ccc(-c3cncc([C@H]4C[C@H]5CC[C@@H]4N5C)c3)cn2)cc1. The third kappa shape index (κ3) is 4.30. The smallest absolute Gasteiger partial charge is 0.258 e. The van der Waals surface area contributed by atoms with Gasteiger partial charge in [0.05, 0.1) is 0 Å². The zero-order chi connectivity index (χ0) is 23.9. The summed E-state index contributed by atoms with van der Waals surface area (Å²) < 4.78 is 0. The Labute approximate surface area is 211 Å². The molecule has 3 nitrogen and oxygen atoms in total. The van der Waals surface area contributed by atoms with E-state index in [1.54, 1.807) is 0 Å². The summed E-state index contributed by atoms with van der Waals surface area (Å²) in [5, 5.41) is 1.10. The highest BCUT2D eigenvalue weighted by Gasteiger charge is 2.44. The second-order valence-electron chi connectivity index (χ2n) is 10.1. The van der Waals surface area contributed by atoms with Crippen LogP contribution >= 0.6 is 0 Å². The minimum atomic E-state index is -0.240. The molecule has 4 heteroatoms. The van der Waals surface area contributed by atoms with Crippen molar-refractivity contribution in [2.75, 3.05) is 7.05 Å². The van der Waals surface area contributed by atoms with Gasteiger partial charge in [0.25, 0.3) is 5.03 Å². The van der Waals surface area contributed by atoms with Crippen molar-refractivity contribution < 1.29 is 0 Å². The highest BCUT2D eigenvalue weighted by atomic mass is 32.2. The fraction of sp³-hybridized carbons (Fsp3) is 0.290. The number of likely N-dealkylation sites (N-methyl/N-ethyl adjacent to an activating group) is 1. The van der Waals surface area contributed by atoms with E-state index < -0.39 is 0 Å². The van der Waals surface area contributed by atoms with Gasteiger partial charge in [0, 0.05) is 53.8 Å². The molecule has 35 heavy (non-hydrogen) atoms. The summed E-state index contributed by atoms with van der Waals surface area (Å²) in [7, 11) is 2.05. The highest BCUT2D eigenvalue weighted by Crippen LogP contribution is 2.46. The molecule has 0 aliphatic carbocycles. The molecule has 0 amide bonds. The van der Waals surface area contributed by atoms with Gasteiger partial charge in [-0.05, 0) is 82.1 Å². The van der Waals surface area contributed by atoms with Crippen molar-refractivity contribution in [3.05, 3.63) is 102 Å². The summed E-state index contributed by atoms with van der Waals surface area (Å²) >= 11 is 0. The van der Waals surface area contributed by atoms with Crippen LogP contribution in [0.15, 0.2) is 100 Å². The predicted molar refractivity (Wildman–Crippen MR) is 144 cm³/mol. The van der Waals surface area contributed by atoms with Gasteiger partial charge in [0.2, 0.25) is 0 Å². The quantitative estimate of drug-likeness (QED) is 0.295. The van der Waals surface area contributed by atoms with E-state index in [2.05, 4.69) is 104 Å². The monoisotopic (exact) mass is 478 g/mol. The van der Waals surface area contributed by atoms with Crippen LogP contribution < -0.4 is 0 Å². The minimum Gasteiger partial charge on any atom is -0.300 e. The van der Waals surface area contributed by atoms with Crippen LogP contribution in [0.1, 0.15) is 41.9 Å². The largest absolute Gasteiger partial charge is 0.300 e. The second kappa shape index (κ2) is 9.25. The third-order valence-corrected chi connectivity index (χ3v) is 10.0. The number of benzene rings is 2. The molecule has 2 aliphatic heterocycles. The first-order valence-corrected chi connectivity index (χ1v) is 13.8. The molecule has 0 N–H and O–H groups in total. The molecule has 0 unspecified atom stereocenters. The van der Waals surface area contributed by atoms with Gasteiger partial charge in [-0.15, -0.1) is 0 Å². The van der Waals surface area contributed by atoms with Gasteiger partial charge in [-0.25, -0.2) is 4.98 Å². The Kier molecular flexibility index (Phi) is 5.95. The molecule has 4 heterocycles. The van der Waals surface area contributed by atoms with Gasteiger partial charge in [0.15, 0.2) is 9.79 Å². The van der Waals surface area contributed by atoms with E-state index in [0.29, 0.717) is 12.0 Å². The van der Waals surface area contributed by atoms with Gasteiger partial charge >= 0.3 is 0 Å². The Hall–Kier alpha value is -2.95. The van der Waals surface area contributed by atoms with Crippen molar-refractivity contribution in [2.24, 2.45) is 0 Å². The zero-order valence-corrected chi connectivity index (χ0v) is 21.5. The summed E-state index contributed by atoms with van der Waals surface area (Å²) in [5.41, 5.74) is 6.23. The summed E-state index contributed by atoms with van der Waals surface area (Å²) in [6.45, 7) is 4.27. The first-order valence-electron chi connectivity index (χ1n) is 12.6. The molecule has 2 aromatic carbocycles. The lowest BCUT2D eigenvalue weighted by atomic mass is 9.84. The number of pyridine rings is 2. The lowest BCUT2D eigenvalue weighted by Gasteiger charge is -2.22. The molecule has 0 radical (unpaired) electrons. The van der Waals surface area contributed by atoms with Crippen LogP contribution in [0.4, 0.5) is 0 Å². The van der Waals surface area contributed by atoms with Crippen LogP contribution in [0.25, 0.3) is 11.1 Å². The molecule has 2 aromatic heterocycles. The summed E-state index contributed by atoms with van der Waals surface area (Å²) in [6.07, 6.45) is 10.0. The molecule has 2 bridgehead atoms. The number of aryl methyl sites for hydroxylation is 2. The van der Waals surface area contributed by atoms with Gasteiger partial charge in [-0.2, -0.15) is 0 Å². The Morgan fingerprint density at radius 3 is 2.00 bits per heavy atom. The molecule has 0 saturated carbocycles. The standard InChI is InChI=1S/C31H32N3S/c1-21-4-10-27(11-5-21)35(28-12-6-22(2)7-13-28)31-15-8-23(20-33-31)24-16-25(19-32-18-24)29-17-26-9-14-30(29)34(26)3/h4-8,10-13,15-16,18-20,26,29-30H,9,14,17H2,1-3H3/q+1/t26-,29-,30+/m1/s1. The molecule has 2 fully saturated rings. The highest BCUT2D eigenvalue weighted by molar-refractivity contribution is 7.97. The number of rotatable bonds is 5. The molecule has 2 aliphatic rings. The molecule has 2 saturated heterocycles. The molecular formula is C31H32N3S+. The summed E-state index contributed by atoms with van der Waals surface area (Å²) in [4.78, 5) is 14.8. The number of hydrogen-bond acceptors (Lipinski definition) is 3. The fourth-order valence-corrected chi connectivity index (χ4v) is 7.77. The van der Waals surface area contributed by atoms with E-state index in [0.717, 1.165) is 22.2 Å². The van der Waals surface area contributed by atoms with Crippen LogP contribution in [0.3, 0.4) is 0 Å². The molecule has 3 atom stereocenters. The Morgan fingerprint density at radius 2 is 1.46 bits per heavy atom. The maximum Gasteiger partial charge on any atom is 0.258 e. The van der Waals surface area contributed by atoms with Crippen molar-refractivity contribution in [1.82, 2.24) is 14.9 Å². The number of hydrogen-bond donors (Lipinski definition) is 0. The van der Waals surface area contributed by atoms with Crippen LogP contribution in [0.2, 0.25) is 0 Å². The predicted octanol–water partition coefficient (Wildman–Crippen LogP) is 6.81. The van der Waals surface area contributed by atoms with Gasteiger partial charge in [-0.1, -0.05) is 35.4 Å². The first kappa shape index (κ1) is 22.5. The zero-order valence-electron chi connectivity index (χ0n) is 20.7. The van der Waals surface area contributed by atoms with Crippen LogP contribution in [0, 0.1) is 13.8 Å². The van der Waals surface area contributed by atoms with E-state index in [-0.39, 0.29) is 10.9 Å². The van der Waals surface area contributed by atoms with Crippen molar-refractivity contribution in [3.8, 4) is 11.1 Å². The van der Waals surface area contributed by atoms with E-state index in [4.69, 9.17) is 4.98 Å². The van der Waals surface area contributed by atoms with Crippen molar-refractivity contribution >= 4 is 10.9 Å². The maximum atomic E-state index is 5.01. The van der Waals surface area contributed by atoms with Crippen molar-refractivity contribution in [3.63, 3.8) is 0 Å². The lowest BCUT2D eigenvalue weighted by Crippen LogP contribution is -2.25. The Bertz CT molecular complexity index is 1270. The second-order valence-corrected chi connectivity index (χ2v) is 12.1. The van der Waals surface area contributed by atoms with Crippen molar-refractivity contribution in [1.29, 1.82) is 0 Å².